The number of aromatic nitrogens is 4. The van der Waals surface area contributed by atoms with Crippen LogP contribution in [0.2, 0.25) is 5.02 Å². The minimum absolute atomic E-state index is 0.000912. The fraction of sp³-hybridized carbons (Fsp3) is 0.435. The molecule has 0 spiro atoms. The Bertz CT molecular complexity index is 1350. The van der Waals surface area contributed by atoms with E-state index >= 15 is 0 Å². The van der Waals surface area contributed by atoms with Crippen LogP contribution >= 0.6 is 11.6 Å². The number of alkyl halides is 3. The molecule has 35 heavy (non-hydrogen) atoms. The quantitative estimate of drug-likeness (QED) is 0.527. The number of benzene rings is 1. The molecule has 0 saturated carbocycles. The summed E-state index contributed by atoms with van der Waals surface area (Å²) in [7, 11) is 0. The number of carbonyl (C=O) groups excluding carboxylic acids is 1. The second kappa shape index (κ2) is 8.68. The second-order valence-corrected chi connectivity index (χ2v) is 9.34. The van der Waals surface area contributed by atoms with Crippen LogP contribution < -0.4 is 4.90 Å². The van der Waals surface area contributed by atoms with Crippen molar-refractivity contribution in [3.05, 3.63) is 46.6 Å². The molecule has 2 aliphatic heterocycles. The highest BCUT2D eigenvalue weighted by Gasteiger charge is 2.41. The first-order chi connectivity index (χ1) is 16.7. The zero-order valence-corrected chi connectivity index (χ0v) is 19.5. The van der Waals surface area contributed by atoms with Gasteiger partial charge in [0.05, 0.1) is 28.3 Å². The number of nitriles is 1. The summed E-state index contributed by atoms with van der Waals surface area (Å²) in [6.45, 7) is 3.24. The lowest BCUT2D eigenvalue weighted by molar-refractivity contribution is -0.148. The normalized spacial score (nSPS) is 20.6. The fourth-order valence-electron chi connectivity index (χ4n) is 5.10. The Kier molecular flexibility index (Phi) is 5.79. The molecule has 0 aliphatic carbocycles. The van der Waals surface area contributed by atoms with E-state index in [2.05, 4.69) is 26.2 Å². The monoisotopic (exact) mass is 503 g/mol. The fourth-order valence-corrected chi connectivity index (χ4v) is 5.32. The molecular weight excluding hydrogens is 483 g/mol. The lowest BCUT2D eigenvalue weighted by Gasteiger charge is -2.40. The number of carbonyl (C=O) groups is 1. The maximum absolute atomic E-state index is 13.3. The molecule has 1 aromatic carbocycles. The molecule has 5 rings (SSSR count). The van der Waals surface area contributed by atoms with Gasteiger partial charge in [-0.2, -0.15) is 18.4 Å². The third kappa shape index (κ3) is 4.05. The van der Waals surface area contributed by atoms with Gasteiger partial charge in [0.25, 0.3) is 0 Å². The van der Waals surface area contributed by atoms with E-state index in [4.69, 9.17) is 11.6 Å². The zero-order valence-electron chi connectivity index (χ0n) is 18.8. The largest absolute Gasteiger partial charge is 0.451 e. The molecule has 2 aliphatic rings. The van der Waals surface area contributed by atoms with E-state index in [0.29, 0.717) is 35.6 Å². The number of pyridine rings is 1. The molecule has 2 atom stereocenters. The standard InChI is InChI=1S/C23H21ClF3N7O/c1-13-11-32(20-14(9-28)10-29-19-16(20)3-2-4-17(19)24)6-5-15(13)21(35)33-7-8-34-18(12-33)30-31-22(34)23(25,26)27/h2-4,10,13,15H,5-8,11-12H2,1H3/t13-,15+/m1/s1. The summed E-state index contributed by atoms with van der Waals surface area (Å²) < 4.78 is 40.4. The highest BCUT2D eigenvalue weighted by atomic mass is 35.5. The van der Waals surface area contributed by atoms with E-state index in [1.807, 2.05) is 19.1 Å². The van der Waals surface area contributed by atoms with Crippen LogP contribution in [-0.2, 0) is 24.1 Å². The van der Waals surface area contributed by atoms with Crippen molar-refractivity contribution >= 4 is 34.1 Å². The third-order valence-corrected chi connectivity index (χ3v) is 7.10. The molecule has 4 heterocycles. The Morgan fingerprint density at radius 1 is 1.23 bits per heavy atom. The van der Waals surface area contributed by atoms with Crippen LogP contribution in [-0.4, -0.2) is 50.2 Å². The summed E-state index contributed by atoms with van der Waals surface area (Å²) in [4.78, 5) is 21.4. The maximum atomic E-state index is 13.3. The van der Waals surface area contributed by atoms with Crippen molar-refractivity contribution in [1.29, 1.82) is 5.26 Å². The minimum Gasteiger partial charge on any atom is -0.370 e. The van der Waals surface area contributed by atoms with Gasteiger partial charge in [0, 0.05) is 43.7 Å². The summed E-state index contributed by atoms with van der Waals surface area (Å²) in [6, 6.07) is 7.65. The first-order valence-electron chi connectivity index (χ1n) is 11.2. The average Bonchev–Trinajstić information content (AvgIpc) is 3.27. The molecule has 0 bridgehead atoms. The van der Waals surface area contributed by atoms with Gasteiger partial charge in [-0.3, -0.25) is 9.78 Å². The lowest BCUT2D eigenvalue weighted by Crippen LogP contribution is -2.49. The third-order valence-electron chi connectivity index (χ3n) is 6.80. The number of piperidine rings is 1. The Balaban J connectivity index is 1.34. The topological polar surface area (TPSA) is 90.9 Å². The van der Waals surface area contributed by atoms with Gasteiger partial charge >= 0.3 is 6.18 Å². The molecule has 8 nitrogen and oxygen atoms in total. The molecule has 1 fully saturated rings. The van der Waals surface area contributed by atoms with Gasteiger partial charge in [0.1, 0.15) is 6.07 Å². The number of halogens is 4. The van der Waals surface area contributed by atoms with Gasteiger partial charge in [-0.25, -0.2) is 0 Å². The van der Waals surface area contributed by atoms with Crippen LogP contribution in [0, 0.1) is 23.2 Å². The van der Waals surface area contributed by atoms with E-state index in [-0.39, 0.29) is 43.2 Å². The number of nitrogens with zero attached hydrogens (tertiary/aromatic N) is 7. The number of hydrogen-bond donors (Lipinski definition) is 0. The molecule has 0 unspecified atom stereocenters. The van der Waals surface area contributed by atoms with E-state index in [1.165, 1.54) is 6.20 Å². The van der Waals surface area contributed by atoms with Crippen molar-refractivity contribution in [3.63, 3.8) is 0 Å². The van der Waals surface area contributed by atoms with Crippen LogP contribution in [0.4, 0.5) is 18.9 Å². The Hall–Kier alpha value is -3.39. The van der Waals surface area contributed by atoms with Crippen molar-refractivity contribution in [2.45, 2.75) is 32.6 Å². The summed E-state index contributed by atoms with van der Waals surface area (Å²) in [5.41, 5.74) is 1.81. The predicted molar refractivity (Wildman–Crippen MR) is 121 cm³/mol. The molecule has 0 radical (unpaired) electrons. The molecular formula is C23H21ClF3N7O. The van der Waals surface area contributed by atoms with Gasteiger partial charge in [-0.05, 0) is 18.4 Å². The summed E-state index contributed by atoms with van der Waals surface area (Å²) >= 11 is 6.32. The number of fused-ring (bicyclic) bond motifs is 2. The van der Waals surface area contributed by atoms with Crippen LogP contribution in [0.15, 0.2) is 24.4 Å². The average molecular weight is 504 g/mol. The summed E-state index contributed by atoms with van der Waals surface area (Å²) in [5.74, 6) is -1.32. The molecule has 1 amide bonds. The number of amides is 1. The van der Waals surface area contributed by atoms with Crippen LogP contribution in [0.5, 0.6) is 0 Å². The van der Waals surface area contributed by atoms with Gasteiger partial charge in [-0.15, -0.1) is 10.2 Å². The SMILES string of the molecule is C[C@@H]1CN(c2c(C#N)cnc3c(Cl)cccc23)CC[C@@H]1C(=O)N1CCn2c(nnc2C(F)(F)F)C1. The maximum Gasteiger partial charge on any atom is 0.451 e. The van der Waals surface area contributed by atoms with E-state index in [1.54, 1.807) is 11.0 Å². The predicted octanol–water partition coefficient (Wildman–Crippen LogP) is 3.87. The first kappa shape index (κ1) is 23.4. The molecule has 182 valence electrons. The Morgan fingerprint density at radius 3 is 2.74 bits per heavy atom. The van der Waals surface area contributed by atoms with Crippen molar-refractivity contribution in [3.8, 4) is 6.07 Å². The van der Waals surface area contributed by atoms with Crippen LogP contribution in [0.25, 0.3) is 10.9 Å². The van der Waals surface area contributed by atoms with Gasteiger partial charge in [0.15, 0.2) is 5.82 Å². The highest BCUT2D eigenvalue weighted by molar-refractivity contribution is 6.35. The van der Waals surface area contributed by atoms with E-state index in [9.17, 15) is 23.2 Å². The van der Waals surface area contributed by atoms with Crippen molar-refractivity contribution < 1.29 is 18.0 Å². The molecule has 12 heteroatoms. The van der Waals surface area contributed by atoms with Crippen LogP contribution in [0.3, 0.4) is 0 Å². The molecule has 3 aromatic rings. The minimum atomic E-state index is -4.58. The van der Waals surface area contributed by atoms with Crippen molar-refractivity contribution in [2.24, 2.45) is 11.8 Å². The van der Waals surface area contributed by atoms with Gasteiger partial charge in [-0.1, -0.05) is 30.7 Å². The smallest absolute Gasteiger partial charge is 0.370 e. The van der Waals surface area contributed by atoms with Gasteiger partial charge in [0.2, 0.25) is 11.7 Å². The highest BCUT2D eigenvalue weighted by Crippen LogP contribution is 2.37. The number of para-hydroxylation sites is 1. The summed E-state index contributed by atoms with van der Waals surface area (Å²) in [5, 5.41) is 17.9. The molecule has 0 N–H and O–H groups in total. The Morgan fingerprint density at radius 2 is 2.03 bits per heavy atom. The number of hydrogen-bond acceptors (Lipinski definition) is 6. The second-order valence-electron chi connectivity index (χ2n) is 8.94. The van der Waals surface area contributed by atoms with Crippen molar-refractivity contribution in [1.82, 2.24) is 24.6 Å². The number of rotatable bonds is 2. The van der Waals surface area contributed by atoms with E-state index < -0.39 is 12.0 Å². The number of anilines is 1. The van der Waals surface area contributed by atoms with Gasteiger partial charge < -0.3 is 14.4 Å². The Labute approximate surface area is 203 Å². The molecule has 1 saturated heterocycles. The van der Waals surface area contributed by atoms with Crippen LogP contribution in [0.1, 0.15) is 30.6 Å². The molecule has 2 aromatic heterocycles. The van der Waals surface area contributed by atoms with Crippen molar-refractivity contribution in [2.75, 3.05) is 24.5 Å². The summed E-state index contributed by atoms with van der Waals surface area (Å²) in [6.07, 6.45) is -2.51. The lowest BCUT2D eigenvalue weighted by atomic mass is 9.85. The van der Waals surface area contributed by atoms with E-state index in [0.717, 1.165) is 15.6 Å². The first-order valence-corrected chi connectivity index (χ1v) is 11.6. The zero-order chi connectivity index (χ0) is 24.9.